The predicted octanol–water partition coefficient (Wildman–Crippen LogP) is 1.02. The second kappa shape index (κ2) is 1.83. The van der Waals surface area contributed by atoms with Crippen LogP contribution in [0.25, 0.3) is 0 Å². The van der Waals surface area contributed by atoms with Gasteiger partial charge in [-0.25, -0.2) is 0 Å². The Morgan fingerprint density at radius 1 is 1.57 bits per heavy atom. The van der Waals surface area contributed by atoms with Gasteiger partial charge >= 0.3 is 0 Å². The lowest BCUT2D eigenvalue weighted by molar-refractivity contribution is 0.103. The zero-order chi connectivity index (χ0) is 5.28. The molecular formula is C6H12O. The van der Waals surface area contributed by atoms with E-state index in [1.165, 1.54) is 12.8 Å². The highest BCUT2D eigenvalue weighted by atomic mass is 16.3. The topological polar surface area (TPSA) is 20.2 Å². The van der Waals surface area contributed by atoms with Gasteiger partial charge in [0, 0.05) is 6.61 Å². The Morgan fingerprint density at radius 3 is 2.29 bits per heavy atom. The van der Waals surface area contributed by atoms with Gasteiger partial charge in [-0.1, -0.05) is 13.3 Å². The van der Waals surface area contributed by atoms with Crippen LogP contribution in [0.4, 0.5) is 0 Å². The van der Waals surface area contributed by atoms with Gasteiger partial charge in [0.15, 0.2) is 0 Å². The Labute approximate surface area is 44.4 Å². The maximum atomic E-state index is 8.56. The summed E-state index contributed by atoms with van der Waals surface area (Å²) in [4.78, 5) is 0. The maximum Gasteiger partial charge on any atom is 0.0461 e. The summed E-state index contributed by atoms with van der Waals surface area (Å²) in [6, 6.07) is 0. The second-order valence-corrected chi connectivity index (χ2v) is 2.50. The van der Waals surface area contributed by atoms with Crippen LogP contribution >= 0.6 is 0 Å². The van der Waals surface area contributed by atoms with Crippen LogP contribution in [-0.4, -0.2) is 11.7 Å². The minimum Gasteiger partial charge on any atom is -0.396 e. The van der Waals surface area contributed by atoms with E-state index in [0.717, 1.165) is 5.92 Å². The van der Waals surface area contributed by atoms with Crippen molar-refractivity contribution >= 4 is 0 Å². The second-order valence-electron chi connectivity index (χ2n) is 2.50. The van der Waals surface area contributed by atoms with Gasteiger partial charge in [0.25, 0.3) is 0 Å². The van der Waals surface area contributed by atoms with Gasteiger partial charge in [0.1, 0.15) is 0 Å². The molecule has 0 unspecified atom stereocenters. The van der Waals surface area contributed by atoms with Crippen molar-refractivity contribution in [2.24, 2.45) is 11.8 Å². The number of rotatable bonds is 1. The molecule has 0 spiro atoms. The van der Waals surface area contributed by atoms with Crippen molar-refractivity contribution in [1.82, 2.24) is 0 Å². The van der Waals surface area contributed by atoms with Crippen LogP contribution < -0.4 is 0 Å². The Bertz CT molecular complexity index is 59.2. The summed E-state index contributed by atoms with van der Waals surface area (Å²) in [5, 5.41) is 8.56. The molecule has 1 saturated carbocycles. The predicted molar refractivity (Wildman–Crippen MR) is 29.0 cm³/mol. The van der Waals surface area contributed by atoms with Gasteiger partial charge in [-0.05, 0) is 18.3 Å². The third-order valence-corrected chi connectivity index (χ3v) is 2.03. The average molecular weight is 100 g/mol. The smallest absolute Gasteiger partial charge is 0.0461 e. The van der Waals surface area contributed by atoms with E-state index in [0.29, 0.717) is 12.5 Å². The van der Waals surface area contributed by atoms with Crippen LogP contribution in [0.3, 0.4) is 0 Å². The molecule has 1 aliphatic rings. The van der Waals surface area contributed by atoms with Gasteiger partial charge in [-0.3, -0.25) is 0 Å². The molecule has 7 heavy (non-hydrogen) atoms. The van der Waals surface area contributed by atoms with Crippen LogP contribution in [0.5, 0.6) is 0 Å². The van der Waals surface area contributed by atoms with Gasteiger partial charge in [-0.2, -0.15) is 0 Å². The summed E-state index contributed by atoms with van der Waals surface area (Å²) >= 11 is 0. The summed E-state index contributed by atoms with van der Waals surface area (Å²) in [6.07, 6.45) is 2.57. The fraction of sp³-hybridized carbons (Fsp3) is 1.00. The van der Waals surface area contributed by atoms with E-state index in [2.05, 4.69) is 6.92 Å². The molecule has 0 aromatic carbocycles. The van der Waals surface area contributed by atoms with Crippen molar-refractivity contribution in [2.75, 3.05) is 6.61 Å². The van der Waals surface area contributed by atoms with Gasteiger partial charge in [0.05, 0.1) is 0 Å². The Balaban J connectivity index is 2.16. The first-order chi connectivity index (χ1) is 3.34. The van der Waals surface area contributed by atoms with E-state index in [9.17, 15) is 0 Å². The van der Waals surface area contributed by atoms with E-state index < -0.39 is 0 Å². The molecule has 1 N–H and O–H groups in total. The van der Waals surface area contributed by atoms with Crippen LogP contribution in [0.1, 0.15) is 19.8 Å². The first kappa shape index (κ1) is 5.10. The minimum absolute atomic E-state index is 0.404. The SMILES string of the molecule is C[C@H]1CC[C@H]1CO. The molecule has 0 saturated heterocycles. The molecule has 2 atom stereocenters. The van der Waals surface area contributed by atoms with Gasteiger partial charge in [0.2, 0.25) is 0 Å². The number of aliphatic hydroxyl groups is 1. The first-order valence-corrected chi connectivity index (χ1v) is 2.95. The molecule has 0 heterocycles. The van der Waals surface area contributed by atoms with Crippen molar-refractivity contribution in [3.63, 3.8) is 0 Å². The molecule has 0 aromatic rings. The monoisotopic (exact) mass is 100 g/mol. The third-order valence-electron chi connectivity index (χ3n) is 2.03. The summed E-state index contributed by atoms with van der Waals surface area (Å²) < 4.78 is 0. The van der Waals surface area contributed by atoms with E-state index >= 15 is 0 Å². The Morgan fingerprint density at radius 2 is 2.29 bits per heavy atom. The number of hydrogen-bond acceptors (Lipinski definition) is 1. The first-order valence-electron chi connectivity index (χ1n) is 2.95. The van der Waals surface area contributed by atoms with Crippen LogP contribution in [0.15, 0.2) is 0 Å². The molecule has 0 aliphatic heterocycles. The van der Waals surface area contributed by atoms with E-state index in [-0.39, 0.29) is 0 Å². The van der Waals surface area contributed by atoms with Crippen LogP contribution in [-0.2, 0) is 0 Å². The highest BCUT2D eigenvalue weighted by Crippen LogP contribution is 2.32. The van der Waals surface area contributed by atoms with E-state index in [1.807, 2.05) is 0 Å². The van der Waals surface area contributed by atoms with Crippen LogP contribution in [0, 0.1) is 11.8 Å². The Kier molecular flexibility index (Phi) is 1.33. The molecule has 1 fully saturated rings. The summed E-state index contributed by atoms with van der Waals surface area (Å²) in [7, 11) is 0. The molecule has 0 aromatic heterocycles. The zero-order valence-electron chi connectivity index (χ0n) is 4.72. The minimum atomic E-state index is 0.404. The normalized spacial score (nSPS) is 40.3. The summed E-state index contributed by atoms with van der Waals surface area (Å²) in [5.41, 5.74) is 0. The van der Waals surface area contributed by atoms with Gasteiger partial charge in [-0.15, -0.1) is 0 Å². The molecule has 1 heteroatoms. The van der Waals surface area contributed by atoms with Crippen molar-refractivity contribution in [1.29, 1.82) is 0 Å². The summed E-state index contributed by atoms with van der Waals surface area (Å²) in [6.45, 7) is 2.60. The molecule has 0 bridgehead atoms. The highest BCUT2D eigenvalue weighted by Gasteiger charge is 2.24. The van der Waals surface area contributed by atoms with E-state index in [1.54, 1.807) is 0 Å². The largest absolute Gasteiger partial charge is 0.396 e. The molecule has 1 aliphatic carbocycles. The number of aliphatic hydroxyl groups excluding tert-OH is 1. The zero-order valence-corrected chi connectivity index (χ0v) is 4.72. The molecule has 0 amide bonds. The maximum absolute atomic E-state index is 8.56. The Hall–Kier alpha value is -0.0400. The fourth-order valence-corrected chi connectivity index (χ4v) is 1.01. The van der Waals surface area contributed by atoms with Crippen molar-refractivity contribution in [2.45, 2.75) is 19.8 Å². The molecule has 1 rings (SSSR count). The van der Waals surface area contributed by atoms with Crippen molar-refractivity contribution in [3.05, 3.63) is 0 Å². The lowest BCUT2D eigenvalue weighted by Crippen LogP contribution is -2.25. The molecular weight excluding hydrogens is 88.1 g/mol. The highest BCUT2D eigenvalue weighted by molar-refractivity contribution is 4.75. The molecule has 42 valence electrons. The third kappa shape index (κ3) is 0.778. The standard InChI is InChI=1S/C6H12O/c1-5-2-3-6(5)4-7/h5-7H,2-4H2,1H3/t5-,6-/m0/s1. The summed E-state index contributed by atoms with van der Waals surface area (Å²) in [5.74, 6) is 1.44. The van der Waals surface area contributed by atoms with Crippen molar-refractivity contribution < 1.29 is 5.11 Å². The fourth-order valence-electron chi connectivity index (χ4n) is 1.01. The lowest BCUT2D eigenvalue weighted by Gasteiger charge is -2.31. The number of hydrogen-bond donors (Lipinski definition) is 1. The van der Waals surface area contributed by atoms with Crippen LogP contribution in [0.2, 0.25) is 0 Å². The molecule has 0 radical (unpaired) electrons. The average Bonchev–Trinajstić information content (AvgIpc) is 1.65. The van der Waals surface area contributed by atoms with Crippen molar-refractivity contribution in [3.8, 4) is 0 Å². The quantitative estimate of drug-likeness (QED) is 0.521. The molecule has 1 nitrogen and oxygen atoms in total. The lowest BCUT2D eigenvalue weighted by atomic mass is 9.76. The van der Waals surface area contributed by atoms with E-state index in [4.69, 9.17) is 5.11 Å². The van der Waals surface area contributed by atoms with Gasteiger partial charge < -0.3 is 5.11 Å².